The quantitative estimate of drug-likeness (QED) is 0.124. The normalized spacial score (nSPS) is 16.3. The molecule has 1 aliphatic rings. The number of aromatic nitrogens is 1. The van der Waals surface area contributed by atoms with Crippen LogP contribution in [-0.4, -0.2) is 36.6 Å². The molecule has 252 valence electrons. The summed E-state index contributed by atoms with van der Waals surface area (Å²) in [5, 5.41) is 2.98. The fraction of sp³-hybridized carbons (Fsp3) is 0.410. The Kier molecular flexibility index (Phi) is 12.8. The number of benzene rings is 2. The second kappa shape index (κ2) is 16.8. The van der Waals surface area contributed by atoms with E-state index in [4.69, 9.17) is 4.74 Å². The zero-order chi connectivity index (χ0) is 34.0. The van der Waals surface area contributed by atoms with Gasteiger partial charge >= 0.3 is 6.18 Å². The molecule has 0 aliphatic carbocycles. The van der Waals surface area contributed by atoms with Gasteiger partial charge in [-0.3, -0.25) is 0 Å². The number of hydrogen-bond acceptors (Lipinski definition) is 4. The van der Waals surface area contributed by atoms with E-state index >= 15 is 4.39 Å². The molecule has 1 saturated heterocycles. The zero-order valence-electron chi connectivity index (χ0n) is 27.8. The van der Waals surface area contributed by atoms with Crippen molar-refractivity contribution in [2.24, 2.45) is 5.92 Å². The Bertz CT molecular complexity index is 1530. The van der Waals surface area contributed by atoms with Gasteiger partial charge in [0.15, 0.2) is 0 Å². The largest absolute Gasteiger partial charge is 0.497 e. The molecular weight excluding hydrogens is 602 g/mol. The first-order valence-corrected chi connectivity index (χ1v) is 16.6. The van der Waals surface area contributed by atoms with Crippen molar-refractivity contribution in [1.82, 2.24) is 9.88 Å². The second-order valence-electron chi connectivity index (χ2n) is 12.5. The molecule has 47 heavy (non-hydrogen) atoms. The minimum absolute atomic E-state index is 0.0708. The van der Waals surface area contributed by atoms with E-state index in [-0.39, 0.29) is 17.3 Å². The number of ether oxygens (including phenoxy) is 1. The number of anilines is 2. The minimum Gasteiger partial charge on any atom is -0.497 e. The van der Waals surface area contributed by atoms with Gasteiger partial charge in [-0.25, -0.2) is 9.37 Å². The fourth-order valence-electron chi connectivity index (χ4n) is 6.19. The Morgan fingerprint density at radius 2 is 1.81 bits per heavy atom. The molecule has 2 heterocycles. The Balaban J connectivity index is 1.46. The van der Waals surface area contributed by atoms with Crippen molar-refractivity contribution in [2.45, 2.75) is 70.9 Å². The molecule has 2 unspecified atom stereocenters. The minimum atomic E-state index is -4.61. The van der Waals surface area contributed by atoms with Gasteiger partial charge < -0.3 is 15.0 Å². The average molecular weight is 650 g/mol. The number of halogens is 4. The maximum Gasteiger partial charge on any atom is 0.418 e. The summed E-state index contributed by atoms with van der Waals surface area (Å²) in [4.78, 5) is 6.33. The molecule has 2 aromatic carbocycles. The van der Waals surface area contributed by atoms with E-state index in [1.165, 1.54) is 23.8 Å². The van der Waals surface area contributed by atoms with Crippen molar-refractivity contribution >= 4 is 23.2 Å². The number of pyridine rings is 1. The van der Waals surface area contributed by atoms with Crippen molar-refractivity contribution in [3.8, 4) is 0 Å². The number of nitrogens with one attached hydrogen (secondary N) is 1. The van der Waals surface area contributed by atoms with Crippen molar-refractivity contribution in [3.05, 3.63) is 113 Å². The lowest BCUT2D eigenvalue weighted by Crippen LogP contribution is -2.21. The van der Waals surface area contributed by atoms with Crippen LogP contribution < -0.4 is 5.32 Å². The van der Waals surface area contributed by atoms with E-state index in [2.05, 4.69) is 49.3 Å². The molecule has 8 heteroatoms. The molecule has 1 N–H and O–H groups in total. The third-order valence-corrected chi connectivity index (χ3v) is 8.81. The van der Waals surface area contributed by atoms with E-state index in [9.17, 15) is 13.2 Å². The van der Waals surface area contributed by atoms with Gasteiger partial charge in [0.2, 0.25) is 0 Å². The van der Waals surface area contributed by atoms with Gasteiger partial charge in [0, 0.05) is 29.9 Å². The maximum absolute atomic E-state index is 15.4. The third-order valence-electron chi connectivity index (χ3n) is 8.81. The van der Waals surface area contributed by atoms with Crippen LogP contribution >= 0.6 is 0 Å². The molecule has 0 radical (unpaired) electrons. The summed E-state index contributed by atoms with van der Waals surface area (Å²) in [5.41, 5.74) is 2.78. The van der Waals surface area contributed by atoms with Gasteiger partial charge in [-0.2, -0.15) is 13.2 Å². The molecule has 0 saturated carbocycles. The predicted octanol–water partition coefficient (Wildman–Crippen LogP) is 11.0. The van der Waals surface area contributed by atoms with Crippen LogP contribution in [0.25, 0.3) is 11.6 Å². The SMILES string of the molecule is C=C(CCC(CCC)C(=C)CCN(C)CCC)c1ccc(Nc2cc(/C=C3\OCCC3c3ccccc3)c(C(F)(F)F)cn2)cc1F. The number of alkyl halides is 3. The number of rotatable bonds is 16. The van der Waals surface area contributed by atoms with Gasteiger partial charge in [-0.1, -0.05) is 69.3 Å². The third kappa shape index (κ3) is 10.0. The fourth-order valence-corrected chi connectivity index (χ4v) is 6.19. The molecular formula is C39H47F4N3O. The average Bonchev–Trinajstić information content (AvgIpc) is 3.50. The number of nitrogens with zero attached hydrogens (tertiary/aromatic N) is 2. The first kappa shape index (κ1) is 35.9. The summed E-state index contributed by atoms with van der Waals surface area (Å²) in [5.74, 6) is 0.394. The van der Waals surface area contributed by atoms with E-state index in [0.717, 1.165) is 57.0 Å². The Morgan fingerprint density at radius 1 is 1.04 bits per heavy atom. The lowest BCUT2D eigenvalue weighted by atomic mass is 9.86. The summed E-state index contributed by atoms with van der Waals surface area (Å²) in [6.07, 6.45) is 3.95. The predicted molar refractivity (Wildman–Crippen MR) is 185 cm³/mol. The smallest absolute Gasteiger partial charge is 0.418 e. The van der Waals surface area contributed by atoms with Crippen LogP contribution in [0, 0.1) is 11.7 Å². The topological polar surface area (TPSA) is 37.4 Å². The van der Waals surface area contributed by atoms with E-state index in [0.29, 0.717) is 47.9 Å². The molecule has 0 bridgehead atoms. The summed E-state index contributed by atoms with van der Waals surface area (Å²) >= 11 is 0. The second-order valence-corrected chi connectivity index (χ2v) is 12.5. The lowest BCUT2D eigenvalue weighted by molar-refractivity contribution is -0.137. The summed E-state index contributed by atoms with van der Waals surface area (Å²) in [6.45, 7) is 15.4. The number of hydrogen-bond donors (Lipinski definition) is 1. The molecule has 1 aliphatic heterocycles. The molecule has 1 aromatic heterocycles. The molecule has 4 nitrogen and oxygen atoms in total. The van der Waals surface area contributed by atoms with Gasteiger partial charge in [0.1, 0.15) is 17.4 Å². The molecule has 1 fully saturated rings. The van der Waals surface area contributed by atoms with Crippen LogP contribution in [0.5, 0.6) is 0 Å². The Hall–Kier alpha value is -3.91. The first-order valence-electron chi connectivity index (χ1n) is 16.6. The van der Waals surface area contributed by atoms with Crippen molar-refractivity contribution in [2.75, 3.05) is 32.1 Å². The Labute approximate surface area is 277 Å². The highest BCUT2D eigenvalue weighted by Gasteiger charge is 2.34. The van der Waals surface area contributed by atoms with Crippen LogP contribution in [0.4, 0.5) is 29.1 Å². The van der Waals surface area contributed by atoms with E-state index < -0.39 is 17.6 Å². The van der Waals surface area contributed by atoms with Crippen LogP contribution in [-0.2, 0) is 10.9 Å². The summed E-state index contributed by atoms with van der Waals surface area (Å²) in [7, 11) is 2.13. The molecule has 4 rings (SSSR count). The molecule has 3 aromatic rings. The molecule has 0 amide bonds. The summed E-state index contributed by atoms with van der Waals surface area (Å²) < 4.78 is 63.1. The van der Waals surface area contributed by atoms with Crippen molar-refractivity contribution in [3.63, 3.8) is 0 Å². The molecule has 0 spiro atoms. The van der Waals surface area contributed by atoms with Crippen LogP contribution in [0.3, 0.4) is 0 Å². The molecule has 2 atom stereocenters. The van der Waals surface area contributed by atoms with Crippen molar-refractivity contribution < 1.29 is 22.3 Å². The highest BCUT2D eigenvalue weighted by atomic mass is 19.4. The highest BCUT2D eigenvalue weighted by molar-refractivity contribution is 5.69. The standard InChI is InChI=1S/C39H47F4N3O/c1-6-11-29(27(3)18-21-46(5)20-7-2)15-14-28(4)33-17-16-32(25-36(33)40)45-38-24-31(35(26-44-38)39(41,42)43)23-37-34(19-22-47-37)30-12-9-8-10-13-30/h8-10,12-13,16-17,23-26,29,34H,3-4,6-7,11,14-15,18-22H2,1-2,5H3,(H,44,45)/b37-23-. The summed E-state index contributed by atoms with van der Waals surface area (Å²) in [6, 6.07) is 15.6. The van der Waals surface area contributed by atoms with Gasteiger partial charge in [0.05, 0.1) is 12.2 Å². The van der Waals surface area contributed by atoms with Gasteiger partial charge in [-0.15, -0.1) is 0 Å². The number of allylic oxidation sites excluding steroid dienone is 2. The van der Waals surface area contributed by atoms with Crippen LogP contribution in [0.1, 0.15) is 87.0 Å². The van der Waals surface area contributed by atoms with Gasteiger partial charge in [0.25, 0.3) is 0 Å². The maximum atomic E-state index is 15.4. The lowest BCUT2D eigenvalue weighted by Gasteiger charge is -2.22. The van der Waals surface area contributed by atoms with E-state index in [1.54, 1.807) is 12.1 Å². The highest BCUT2D eigenvalue weighted by Crippen LogP contribution is 2.39. The zero-order valence-corrected chi connectivity index (χ0v) is 27.8. The van der Waals surface area contributed by atoms with Gasteiger partial charge in [-0.05, 0) is 105 Å². The van der Waals surface area contributed by atoms with Crippen LogP contribution in [0.2, 0.25) is 0 Å². The Morgan fingerprint density at radius 3 is 2.49 bits per heavy atom. The van der Waals surface area contributed by atoms with E-state index in [1.807, 2.05) is 30.3 Å². The monoisotopic (exact) mass is 649 g/mol. The van der Waals surface area contributed by atoms with Crippen LogP contribution in [0.15, 0.2) is 85.3 Å². The van der Waals surface area contributed by atoms with Crippen molar-refractivity contribution in [1.29, 1.82) is 0 Å². The first-order chi connectivity index (χ1) is 22.5.